The Morgan fingerprint density at radius 3 is 2.12 bits per heavy atom. The zero-order valence-corrected chi connectivity index (χ0v) is 17.7. The predicted octanol–water partition coefficient (Wildman–Crippen LogP) is 5.35. The first-order chi connectivity index (χ1) is 15.7. The van der Waals surface area contributed by atoms with Crippen molar-refractivity contribution in [2.24, 2.45) is 0 Å². The molecule has 5 aromatic rings. The number of carbonyl (C=O) groups is 2. The second-order valence-electron chi connectivity index (χ2n) is 7.58. The van der Waals surface area contributed by atoms with E-state index in [2.05, 4.69) is 16.7 Å². The molecule has 0 spiro atoms. The summed E-state index contributed by atoms with van der Waals surface area (Å²) >= 11 is 0. The molecule has 3 aromatic carbocycles. The van der Waals surface area contributed by atoms with Crippen LogP contribution in [0.3, 0.4) is 0 Å². The Labute approximate surface area is 185 Å². The van der Waals surface area contributed by atoms with Crippen LogP contribution < -0.4 is 0 Å². The molecule has 0 saturated carbocycles. The maximum Gasteiger partial charge on any atom is 0.355 e. The average molecular weight is 422 g/mol. The Morgan fingerprint density at radius 1 is 0.812 bits per heavy atom. The Kier molecular flexibility index (Phi) is 5.07. The monoisotopic (exact) mass is 422 g/mol. The summed E-state index contributed by atoms with van der Waals surface area (Å²) in [5, 5.41) is 0. The van der Waals surface area contributed by atoms with Crippen LogP contribution in [0.25, 0.3) is 16.7 Å². The molecule has 5 nitrogen and oxygen atoms in total. The van der Waals surface area contributed by atoms with Gasteiger partial charge in [-0.15, -0.1) is 0 Å². The van der Waals surface area contributed by atoms with Crippen LogP contribution in [0.4, 0.5) is 0 Å². The van der Waals surface area contributed by atoms with E-state index in [1.54, 1.807) is 25.1 Å². The molecule has 0 atom stereocenters. The summed E-state index contributed by atoms with van der Waals surface area (Å²) in [6, 6.07) is 28.8. The van der Waals surface area contributed by atoms with Crippen LogP contribution in [0.2, 0.25) is 0 Å². The summed E-state index contributed by atoms with van der Waals surface area (Å²) in [5.41, 5.74) is 5.00. The quantitative estimate of drug-likeness (QED) is 0.274. The molecular formula is C27H22N2O3. The number of rotatable bonds is 6. The summed E-state index contributed by atoms with van der Waals surface area (Å²) in [4.78, 5) is 26.4. The minimum Gasteiger partial charge on any atom is -0.461 e. The highest BCUT2D eigenvalue weighted by Crippen LogP contribution is 2.30. The van der Waals surface area contributed by atoms with E-state index in [1.807, 2.05) is 65.1 Å². The third-order valence-electron chi connectivity index (χ3n) is 5.59. The van der Waals surface area contributed by atoms with Crippen molar-refractivity contribution < 1.29 is 14.3 Å². The molecule has 158 valence electrons. The number of ketones is 1. The van der Waals surface area contributed by atoms with Gasteiger partial charge >= 0.3 is 5.97 Å². The van der Waals surface area contributed by atoms with Gasteiger partial charge in [0.1, 0.15) is 11.3 Å². The Hall–Kier alpha value is -4.12. The fraction of sp³-hybridized carbons (Fsp3) is 0.111. The van der Waals surface area contributed by atoms with E-state index in [0.29, 0.717) is 29.0 Å². The van der Waals surface area contributed by atoms with E-state index in [9.17, 15) is 9.59 Å². The number of benzene rings is 3. The number of ether oxygens (including phenoxy) is 1. The van der Waals surface area contributed by atoms with Gasteiger partial charge in [-0.1, -0.05) is 72.8 Å². The molecule has 0 aliphatic carbocycles. The largest absolute Gasteiger partial charge is 0.461 e. The second-order valence-corrected chi connectivity index (χ2v) is 7.58. The van der Waals surface area contributed by atoms with Crippen molar-refractivity contribution in [3.8, 4) is 0 Å². The lowest BCUT2D eigenvalue weighted by atomic mass is 10.1. The van der Waals surface area contributed by atoms with E-state index in [-0.39, 0.29) is 12.4 Å². The number of aromatic nitrogens is 2. The molecule has 0 N–H and O–H groups in total. The lowest BCUT2D eigenvalue weighted by molar-refractivity contribution is 0.0519. The first kappa shape index (κ1) is 19.8. The van der Waals surface area contributed by atoms with Crippen LogP contribution in [-0.4, -0.2) is 27.3 Å². The van der Waals surface area contributed by atoms with Crippen molar-refractivity contribution in [3.63, 3.8) is 0 Å². The number of esters is 1. The molecule has 0 aliphatic heterocycles. The molecular weight excluding hydrogens is 400 g/mol. The van der Waals surface area contributed by atoms with Crippen LogP contribution in [0, 0.1) is 0 Å². The smallest absolute Gasteiger partial charge is 0.355 e. The molecule has 0 aliphatic rings. The van der Waals surface area contributed by atoms with Crippen LogP contribution in [0.5, 0.6) is 0 Å². The van der Waals surface area contributed by atoms with Crippen LogP contribution >= 0.6 is 0 Å². The molecule has 2 heterocycles. The Bertz CT molecular complexity index is 1430. The number of carbonyl (C=O) groups excluding carboxylic acids is 2. The molecule has 0 unspecified atom stereocenters. The molecule has 0 bridgehead atoms. The maximum atomic E-state index is 13.6. The van der Waals surface area contributed by atoms with Gasteiger partial charge in [-0.2, -0.15) is 0 Å². The van der Waals surface area contributed by atoms with Crippen molar-refractivity contribution >= 4 is 28.4 Å². The standard InChI is InChI=1S/C27H22N2O3/c1-2-32-27(31)24-17-21(25(30)20-13-7-4-8-14-20)26-28(18-19-11-5-3-6-12-19)22-15-9-10-16-23(22)29(24)26/h3-17H,2,18H2,1H3. The highest BCUT2D eigenvalue weighted by Gasteiger charge is 2.26. The van der Waals surface area contributed by atoms with Gasteiger partial charge in [0.15, 0.2) is 5.78 Å². The summed E-state index contributed by atoms with van der Waals surface area (Å²) < 4.78 is 9.29. The molecule has 0 radical (unpaired) electrons. The summed E-state index contributed by atoms with van der Waals surface area (Å²) in [5.74, 6) is -0.576. The average Bonchev–Trinajstić information content (AvgIpc) is 3.37. The SMILES string of the molecule is CCOC(=O)c1cc(C(=O)c2ccccc2)c2n(Cc3ccccc3)c3ccccc3n12. The minimum atomic E-state index is -0.447. The molecule has 5 rings (SSSR count). The van der Waals surface area contributed by atoms with Gasteiger partial charge in [-0.05, 0) is 30.7 Å². The summed E-state index contributed by atoms with van der Waals surface area (Å²) in [6.45, 7) is 2.60. The minimum absolute atomic E-state index is 0.129. The molecule has 5 heteroatoms. The molecule has 2 aromatic heterocycles. The van der Waals surface area contributed by atoms with Crippen molar-refractivity contribution in [2.75, 3.05) is 6.61 Å². The van der Waals surface area contributed by atoms with E-state index < -0.39 is 5.97 Å². The lowest BCUT2D eigenvalue weighted by Crippen LogP contribution is -2.07. The highest BCUT2D eigenvalue weighted by molar-refractivity contribution is 6.15. The van der Waals surface area contributed by atoms with Crippen molar-refractivity contribution in [1.29, 1.82) is 0 Å². The fourth-order valence-electron chi connectivity index (χ4n) is 4.20. The zero-order valence-electron chi connectivity index (χ0n) is 17.7. The van der Waals surface area contributed by atoms with E-state index >= 15 is 0 Å². The molecule has 0 saturated heterocycles. The van der Waals surface area contributed by atoms with Crippen LogP contribution in [0.15, 0.2) is 91.0 Å². The zero-order chi connectivity index (χ0) is 22.1. The van der Waals surface area contributed by atoms with Gasteiger partial charge in [0, 0.05) is 12.1 Å². The number of nitrogens with zero attached hydrogens (tertiary/aromatic N) is 2. The molecule has 0 fully saturated rings. The normalized spacial score (nSPS) is 11.2. The third kappa shape index (κ3) is 3.28. The molecule has 32 heavy (non-hydrogen) atoms. The van der Waals surface area contributed by atoms with Gasteiger partial charge in [-0.25, -0.2) is 4.79 Å². The third-order valence-corrected chi connectivity index (χ3v) is 5.59. The highest BCUT2D eigenvalue weighted by atomic mass is 16.5. The van der Waals surface area contributed by atoms with Gasteiger partial charge in [0.25, 0.3) is 0 Å². The number of hydrogen-bond donors (Lipinski definition) is 0. The molecule has 0 amide bonds. The van der Waals surface area contributed by atoms with Crippen LogP contribution in [-0.2, 0) is 11.3 Å². The van der Waals surface area contributed by atoms with Crippen molar-refractivity contribution in [2.45, 2.75) is 13.5 Å². The van der Waals surface area contributed by atoms with E-state index in [1.165, 1.54) is 0 Å². The number of para-hydroxylation sites is 2. The Balaban J connectivity index is 1.83. The number of hydrogen-bond acceptors (Lipinski definition) is 3. The van der Waals surface area contributed by atoms with Crippen LogP contribution in [0.1, 0.15) is 38.9 Å². The van der Waals surface area contributed by atoms with Gasteiger partial charge < -0.3 is 9.30 Å². The van der Waals surface area contributed by atoms with Gasteiger partial charge in [0.2, 0.25) is 0 Å². The number of imidazole rings is 1. The fourth-order valence-corrected chi connectivity index (χ4v) is 4.20. The van der Waals surface area contributed by atoms with Crippen molar-refractivity contribution in [3.05, 3.63) is 113 Å². The Morgan fingerprint density at radius 2 is 1.44 bits per heavy atom. The first-order valence-electron chi connectivity index (χ1n) is 10.6. The maximum absolute atomic E-state index is 13.6. The van der Waals surface area contributed by atoms with E-state index in [4.69, 9.17) is 4.74 Å². The topological polar surface area (TPSA) is 52.7 Å². The van der Waals surface area contributed by atoms with Crippen molar-refractivity contribution in [1.82, 2.24) is 8.97 Å². The van der Waals surface area contributed by atoms with Gasteiger partial charge in [0.05, 0.1) is 23.2 Å². The summed E-state index contributed by atoms with van der Waals surface area (Å²) in [7, 11) is 0. The second kappa shape index (κ2) is 8.19. The number of fused-ring (bicyclic) bond motifs is 3. The lowest BCUT2D eigenvalue weighted by Gasteiger charge is -2.08. The van der Waals surface area contributed by atoms with E-state index in [0.717, 1.165) is 16.6 Å². The first-order valence-corrected chi connectivity index (χ1v) is 10.6. The predicted molar refractivity (Wildman–Crippen MR) is 124 cm³/mol. The summed E-state index contributed by atoms with van der Waals surface area (Å²) in [6.07, 6.45) is 0. The van der Waals surface area contributed by atoms with Gasteiger partial charge in [-0.3, -0.25) is 9.20 Å².